The van der Waals surface area contributed by atoms with Gasteiger partial charge in [-0.1, -0.05) is 6.92 Å². The second kappa shape index (κ2) is 6.32. The first-order valence-corrected chi connectivity index (χ1v) is 7.50. The average Bonchev–Trinajstić information content (AvgIpc) is 2.27. The van der Waals surface area contributed by atoms with Gasteiger partial charge in [0.1, 0.15) is 0 Å². The predicted octanol–water partition coefficient (Wildman–Crippen LogP) is -0.403. The van der Waals surface area contributed by atoms with Gasteiger partial charge < -0.3 is 9.84 Å². The Balaban J connectivity index is 2.51. The highest BCUT2D eigenvalue weighted by Crippen LogP contribution is 2.10. The SMILES string of the molecule is CCS(=O)(=O)CCN1CCOCC1CC(=O)O. The van der Waals surface area contributed by atoms with Gasteiger partial charge in [-0.2, -0.15) is 0 Å². The van der Waals surface area contributed by atoms with Crippen molar-refractivity contribution in [3.05, 3.63) is 0 Å². The lowest BCUT2D eigenvalue weighted by molar-refractivity contribution is -0.140. The number of hydrogen-bond acceptors (Lipinski definition) is 5. The van der Waals surface area contributed by atoms with Gasteiger partial charge in [0.2, 0.25) is 0 Å². The van der Waals surface area contributed by atoms with Crippen LogP contribution < -0.4 is 0 Å². The molecule has 1 rings (SSSR count). The summed E-state index contributed by atoms with van der Waals surface area (Å²) in [6.45, 7) is 3.48. The molecule has 17 heavy (non-hydrogen) atoms. The minimum absolute atomic E-state index is 0.00777. The van der Waals surface area contributed by atoms with Gasteiger partial charge in [0, 0.05) is 24.9 Å². The number of aliphatic carboxylic acids is 1. The zero-order valence-electron chi connectivity index (χ0n) is 9.96. The van der Waals surface area contributed by atoms with Crippen LogP contribution >= 0.6 is 0 Å². The van der Waals surface area contributed by atoms with Crippen molar-refractivity contribution in [2.75, 3.05) is 37.8 Å². The Labute approximate surface area is 101 Å². The molecule has 0 saturated carbocycles. The first kappa shape index (κ1) is 14.4. The van der Waals surface area contributed by atoms with Gasteiger partial charge in [-0.3, -0.25) is 9.69 Å². The molecular weight excluding hydrogens is 246 g/mol. The van der Waals surface area contributed by atoms with E-state index in [0.29, 0.717) is 26.3 Å². The van der Waals surface area contributed by atoms with E-state index in [1.165, 1.54) is 0 Å². The summed E-state index contributed by atoms with van der Waals surface area (Å²) in [7, 11) is -3.00. The molecule has 7 heteroatoms. The van der Waals surface area contributed by atoms with Crippen molar-refractivity contribution in [2.24, 2.45) is 0 Å². The second-order valence-corrected chi connectivity index (χ2v) is 6.57. The molecule has 6 nitrogen and oxygen atoms in total. The third kappa shape index (κ3) is 5.01. The number of carbonyl (C=O) groups is 1. The van der Waals surface area contributed by atoms with Crippen LogP contribution in [0, 0.1) is 0 Å². The molecular formula is C10H19NO5S. The number of ether oxygens (including phenoxy) is 1. The fourth-order valence-electron chi connectivity index (χ4n) is 1.77. The summed E-state index contributed by atoms with van der Waals surface area (Å²) in [5, 5.41) is 8.76. The van der Waals surface area contributed by atoms with Crippen molar-refractivity contribution in [3.8, 4) is 0 Å². The van der Waals surface area contributed by atoms with Crippen molar-refractivity contribution in [1.29, 1.82) is 0 Å². The van der Waals surface area contributed by atoms with Crippen LogP contribution in [-0.4, -0.2) is 68.2 Å². The van der Waals surface area contributed by atoms with Gasteiger partial charge in [-0.05, 0) is 0 Å². The van der Waals surface area contributed by atoms with Gasteiger partial charge in [0.15, 0.2) is 9.84 Å². The third-order valence-electron chi connectivity index (χ3n) is 2.89. The maximum Gasteiger partial charge on any atom is 0.305 e. The lowest BCUT2D eigenvalue weighted by Crippen LogP contribution is -2.48. The molecule has 1 fully saturated rings. The number of sulfone groups is 1. The third-order valence-corrected chi connectivity index (χ3v) is 4.57. The Bertz CT molecular complexity index is 354. The first-order valence-electron chi connectivity index (χ1n) is 5.68. The van der Waals surface area contributed by atoms with Gasteiger partial charge in [0.05, 0.1) is 25.4 Å². The molecule has 0 aromatic heterocycles. The summed E-state index contributed by atoms with van der Waals surface area (Å²) in [6, 6.07) is -0.215. The molecule has 1 N–H and O–H groups in total. The van der Waals surface area contributed by atoms with Crippen molar-refractivity contribution in [1.82, 2.24) is 4.90 Å². The van der Waals surface area contributed by atoms with E-state index in [2.05, 4.69) is 0 Å². The van der Waals surface area contributed by atoms with E-state index in [4.69, 9.17) is 9.84 Å². The average molecular weight is 265 g/mol. The molecule has 0 radical (unpaired) electrons. The molecule has 1 aliphatic heterocycles. The minimum atomic E-state index is -3.00. The molecule has 1 saturated heterocycles. The summed E-state index contributed by atoms with van der Waals surface area (Å²) in [5.41, 5.74) is 0. The molecule has 0 bridgehead atoms. The summed E-state index contributed by atoms with van der Waals surface area (Å²) in [4.78, 5) is 12.6. The topological polar surface area (TPSA) is 83.9 Å². The molecule has 0 aromatic rings. The number of rotatable bonds is 6. The Morgan fingerprint density at radius 1 is 1.53 bits per heavy atom. The molecule has 0 spiro atoms. The van der Waals surface area contributed by atoms with Crippen LogP contribution in [0.1, 0.15) is 13.3 Å². The lowest BCUT2D eigenvalue weighted by Gasteiger charge is -2.34. The summed E-state index contributed by atoms with van der Waals surface area (Å²) in [5.74, 6) is -0.676. The van der Waals surface area contributed by atoms with E-state index >= 15 is 0 Å². The van der Waals surface area contributed by atoms with E-state index in [1.54, 1.807) is 6.92 Å². The number of nitrogens with zero attached hydrogens (tertiary/aromatic N) is 1. The maximum atomic E-state index is 11.4. The molecule has 100 valence electrons. The summed E-state index contributed by atoms with van der Waals surface area (Å²) < 4.78 is 28.0. The fourth-order valence-corrected chi connectivity index (χ4v) is 2.58. The van der Waals surface area contributed by atoms with Crippen LogP contribution in [-0.2, 0) is 19.4 Å². The maximum absolute atomic E-state index is 11.4. The van der Waals surface area contributed by atoms with Crippen LogP contribution in [0.25, 0.3) is 0 Å². The monoisotopic (exact) mass is 265 g/mol. The van der Waals surface area contributed by atoms with Crippen LogP contribution in [0.2, 0.25) is 0 Å². The summed E-state index contributed by atoms with van der Waals surface area (Å²) in [6.07, 6.45) is -0.00777. The summed E-state index contributed by atoms with van der Waals surface area (Å²) >= 11 is 0. The molecule has 0 amide bonds. The minimum Gasteiger partial charge on any atom is -0.481 e. The molecule has 1 aliphatic rings. The van der Waals surface area contributed by atoms with Gasteiger partial charge in [0.25, 0.3) is 0 Å². The van der Waals surface area contributed by atoms with E-state index in [9.17, 15) is 13.2 Å². The van der Waals surface area contributed by atoms with Crippen LogP contribution in [0.4, 0.5) is 0 Å². The van der Waals surface area contributed by atoms with E-state index in [1.807, 2.05) is 4.90 Å². The van der Waals surface area contributed by atoms with Gasteiger partial charge in [-0.25, -0.2) is 8.42 Å². The Hall–Kier alpha value is -0.660. The smallest absolute Gasteiger partial charge is 0.305 e. The van der Waals surface area contributed by atoms with Crippen molar-refractivity contribution >= 4 is 15.8 Å². The Morgan fingerprint density at radius 3 is 2.82 bits per heavy atom. The molecule has 0 aromatic carbocycles. The second-order valence-electron chi connectivity index (χ2n) is 4.10. The Kier molecular flexibility index (Phi) is 5.35. The van der Waals surface area contributed by atoms with Crippen LogP contribution in [0.15, 0.2) is 0 Å². The lowest BCUT2D eigenvalue weighted by atomic mass is 10.1. The van der Waals surface area contributed by atoms with Gasteiger partial charge in [-0.15, -0.1) is 0 Å². The number of carboxylic acids is 1. The molecule has 1 unspecified atom stereocenters. The van der Waals surface area contributed by atoms with Crippen molar-refractivity contribution in [3.63, 3.8) is 0 Å². The highest BCUT2D eigenvalue weighted by Gasteiger charge is 2.26. The molecule has 0 aliphatic carbocycles. The standard InChI is InChI=1S/C10H19NO5S/c1-2-17(14,15)6-4-11-3-5-16-8-9(11)7-10(12)13/h9H,2-8H2,1H3,(H,12,13). The van der Waals surface area contributed by atoms with Crippen LogP contribution in [0.5, 0.6) is 0 Å². The van der Waals surface area contributed by atoms with Crippen molar-refractivity contribution < 1.29 is 23.1 Å². The largest absolute Gasteiger partial charge is 0.481 e. The number of hydrogen-bond donors (Lipinski definition) is 1. The first-order chi connectivity index (χ1) is 7.94. The molecule has 1 atom stereocenters. The fraction of sp³-hybridized carbons (Fsp3) is 0.900. The van der Waals surface area contributed by atoms with E-state index < -0.39 is 15.8 Å². The highest BCUT2D eigenvalue weighted by molar-refractivity contribution is 7.91. The zero-order valence-corrected chi connectivity index (χ0v) is 10.8. The number of carboxylic acid groups (broad SMARTS) is 1. The quantitative estimate of drug-likeness (QED) is 0.703. The Morgan fingerprint density at radius 2 is 2.24 bits per heavy atom. The molecule has 1 heterocycles. The van der Waals surface area contributed by atoms with E-state index in [-0.39, 0.29) is 24.0 Å². The van der Waals surface area contributed by atoms with E-state index in [0.717, 1.165) is 0 Å². The van der Waals surface area contributed by atoms with Gasteiger partial charge >= 0.3 is 5.97 Å². The van der Waals surface area contributed by atoms with Crippen molar-refractivity contribution in [2.45, 2.75) is 19.4 Å². The highest BCUT2D eigenvalue weighted by atomic mass is 32.2. The normalized spacial score (nSPS) is 22.5. The zero-order chi connectivity index (χ0) is 12.9. The number of morpholine rings is 1. The van der Waals surface area contributed by atoms with Crippen LogP contribution in [0.3, 0.4) is 0 Å². The predicted molar refractivity (Wildman–Crippen MR) is 62.8 cm³/mol.